The van der Waals surface area contributed by atoms with Gasteiger partial charge in [-0.05, 0) is 45.4 Å². The molecule has 3 rings (SSSR count). The second-order valence-electron chi connectivity index (χ2n) is 7.90. The van der Waals surface area contributed by atoms with E-state index in [1.165, 1.54) is 18.0 Å². The number of ether oxygens (including phenoxy) is 2. The van der Waals surface area contributed by atoms with Crippen LogP contribution < -0.4 is 5.32 Å². The molecule has 0 aliphatic carbocycles. The summed E-state index contributed by atoms with van der Waals surface area (Å²) in [6, 6.07) is 4.50. The van der Waals surface area contributed by atoms with Gasteiger partial charge in [0.25, 0.3) is 0 Å². The summed E-state index contributed by atoms with van der Waals surface area (Å²) in [5.74, 6) is -1.35. The predicted octanol–water partition coefficient (Wildman–Crippen LogP) is 3.17. The number of amides is 2. The van der Waals surface area contributed by atoms with E-state index in [-0.39, 0.29) is 24.0 Å². The number of carbonyl (C=O) groups is 2. The number of halogens is 2. The van der Waals surface area contributed by atoms with E-state index in [4.69, 9.17) is 9.47 Å². The Kier molecular flexibility index (Phi) is 5.51. The lowest BCUT2D eigenvalue weighted by atomic mass is 9.74. The Hall–Kier alpha value is -2.00. The predicted molar refractivity (Wildman–Crippen MR) is 104 cm³/mol. The maximum Gasteiger partial charge on any atom is 0.414 e. The molecule has 2 heterocycles. The maximum atomic E-state index is 14.8. The first-order chi connectivity index (χ1) is 13.0. The van der Waals surface area contributed by atoms with Gasteiger partial charge in [0, 0.05) is 23.7 Å². The molecule has 0 spiro atoms. The first kappa shape index (κ1) is 20.7. The third kappa shape index (κ3) is 3.91. The summed E-state index contributed by atoms with van der Waals surface area (Å²) < 4.78 is 26.3. The molecule has 1 saturated heterocycles. The van der Waals surface area contributed by atoms with E-state index in [1.807, 2.05) is 0 Å². The number of alkyl carbamates (subject to hydrolysis) is 1. The highest BCUT2D eigenvalue weighted by atomic mass is 79.9. The Balaban J connectivity index is 2.08. The van der Waals surface area contributed by atoms with Gasteiger partial charge in [-0.2, -0.15) is 0 Å². The van der Waals surface area contributed by atoms with Gasteiger partial charge in [-0.15, -0.1) is 0 Å². The molecular formula is C19H23BrFN3O4. The number of fused-ring (bicyclic) bond motifs is 1. The molecule has 0 saturated carbocycles. The van der Waals surface area contributed by atoms with Crippen molar-refractivity contribution in [2.24, 2.45) is 10.9 Å². The summed E-state index contributed by atoms with van der Waals surface area (Å²) in [6.45, 7) is 5.60. The Morgan fingerprint density at radius 2 is 2.18 bits per heavy atom. The van der Waals surface area contributed by atoms with Gasteiger partial charge >= 0.3 is 6.09 Å². The average molecular weight is 456 g/mol. The van der Waals surface area contributed by atoms with Crippen molar-refractivity contribution < 1.29 is 23.5 Å². The molecule has 2 aliphatic rings. The molecule has 2 atom stereocenters. The minimum atomic E-state index is -1.26. The van der Waals surface area contributed by atoms with Crippen molar-refractivity contribution >= 4 is 33.9 Å². The third-order valence-electron chi connectivity index (χ3n) is 4.71. The van der Waals surface area contributed by atoms with Gasteiger partial charge in [0.2, 0.25) is 11.9 Å². The second-order valence-corrected chi connectivity index (χ2v) is 8.82. The lowest BCUT2D eigenvalue weighted by Crippen LogP contribution is -2.60. The molecule has 9 heteroatoms. The van der Waals surface area contributed by atoms with E-state index in [0.29, 0.717) is 17.5 Å². The number of benzene rings is 1. The monoisotopic (exact) mass is 455 g/mol. The minimum Gasteiger partial charge on any atom is -0.444 e. The van der Waals surface area contributed by atoms with Crippen molar-refractivity contribution in [2.45, 2.75) is 38.3 Å². The Bertz CT molecular complexity index is 839. The Morgan fingerprint density at radius 1 is 1.46 bits per heavy atom. The molecule has 28 heavy (non-hydrogen) atoms. The van der Waals surface area contributed by atoms with Gasteiger partial charge in [0.15, 0.2) is 0 Å². The smallest absolute Gasteiger partial charge is 0.414 e. The van der Waals surface area contributed by atoms with Crippen LogP contribution in [0.4, 0.5) is 9.18 Å². The Morgan fingerprint density at radius 3 is 2.86 bits per heavy atom. The zero-order chi connectivity index (χ0) is 20.7. The molecular weight excluding hydrogens is 433 g/mol. The van der Waals surface area contributed by atoms with Crippen molar-refractivity contribution in [1.29, 1.82) is 0 Å². The summed E-state index contributed by atoms with van der Waals surface area (Å²) in [5.41, 5.74) is -1.73. The molecule has 152 valence electrons. The molecule has 0 bridgehead atoms. The van der Waals surface area contributed by atoms with Crippen molar-refractivity contribution in [3.63, 3.8) is 0 Å². The van der Waals surface area contributed by atoms with Gasteiger partial charge in [-0.3, -0.25) is 15.0 Å². The lowest BCUT2D eigenvalue weighted by Gasteiger charge is -2.45. The van der Waals surface area contributed by atoms with E-state index >= 15 is 0 Å². The van der Waals surface area contributed by atoms with Crippen LogP contribution in [0.25, 0.3) is 0 Å². The quantitative estimate of drug-likeness (QED) is 0.704. The highest BCUT2D eigenvalue weighted by Gasteiger charge is 2.53. The van der Waals surface area contributed by atoms with Crippen molar-refractivity contribution in [3.8, 4) is 0 Å². The summed E-state index contributed by atoms with van der Waals surface area (Å²) >= 11 is 3.35. The first-order valence-electron chi connectivity index (χ1n) is 8.94. The standard InChI is InChI=1S/C19H23BrFN3O4/c1-18(2,3)28-17(26)22-16-23-19(13-9-11(20)5-6-14(13)21)10-27-8-7-12(19)15(25)24(16)4/h5-6,9,12H,7-8,10H2,1-4H3,(H,22,23,26). The maximum absolute atomic E-state index is 14.8. The molecule has 1 fully saturated rings. The lowest BCUT2D eigenvalue weighted by molar-refractivity contribution is -0.140. The Labute approximate surface area is 171 Å². The number of hydrogen-bond acceptors (Lipinski definition) is 5. The number of hydrogen-bond donors (Lipinski definition) is 1. The van der Waals surface area contributed by atoms with Crippen LogP contribution in [0.2, 0.25) is 0 Å². The van der Waals surface area contributed by atoms with Gasteiger partial charge in [0.05, 0.1) is 12.5 Å². The van der Waals surface area contributed by atoms with Crippen LogP contribution in [0.3, 0.4) is 0 Å². The molecule has 1 N–H and O–H groups in total. The molecule has 0 radical (unpaired) electrons. The minimum absolute atomic E-state index is 0.000348. The van der Waals surface area contributed by atoms with Crippen LogP contribution in [0.15, 0.2) is 27.7 Å². The summed E-state index contributed by atoms with van der Waals surface area (Å²) in [4.78, 5) is 31.2. The van der Waals surface area contributed by atoms with Crippen molar-refractivity contribution in [3.05, 3.63) is 34.1 Å². The largest absolute Gasteiger partial charge is 0.444 e. The zero-order valence-electron chi connectivity index (χ0n) is 16.2. The molecule has 2 aliphatic heterocycles. The van der Waals surface area contributed by atoms with E-state index in [9.17, 15) is 14.0 Å². The molecule has 1 aromatic rings. The normalized spacial score (nSPS) is 25.1. The van der Waals surface area contributed by atoms with Gasteiger partial charge in [0.1, 0.15) is 17.0 Å². The van der Waals surface area contributed by atoms with Crippen LogP contribution >= 0.6 is 15.9 Å². The van der Waals surface area contributed by atoms with E-state index < -0.39 is 29.0 Å². The van der Waals surface area contributed by atoms with E-state index in [2.05, 4.69) is 26.2 Å². The fourth-order valence-electron chi connectivity index (χ4n) is 3.47. The van der Waals surface area contributed by atoms with Crippen molar-refractivity contribution in [1.82, 2.24) is 10.2 Å². The highest BCUT2D eigenvalue weighted by Crippen LogP contribution is 2.44. The van der Waals surface area contributed by atoms with E-state index in [1.54, 1.807) is 32.9 Å². The fourth-order valence-corrected chi connectivity index (χ4v) is 3.83. The van der Waals surface area contributed by atoms with Gasteiger partial charge in [-0.25, -0.2) is 14.2 Å². The van der Waals surface area contributed by atoms with Gasteiger partial charge < -0.3 is 9.47 Å². The molecule has 7 nitrogen and oxygen atoms in total. The summed E-state index contributed by atoms with van der Waals surface area (Å²) in [7, 11) is 1.52. The first-order valence-corrected chi connectivity index (χ1v) is 9.73. The zero-order valence-corrected chi connectivity index (χ0v) is 17.8. The molecule has 2 amide bonds. The van der Waals surface area contributed by atoms with Crippen LogP contribution in [0.1, 0.15) is 32.8 Å². The SMILES string of the molecule is CN1C(=O)C2CCOCC2(c2cc(Br)ccc2F)N=C1NC(=O)OC(C)(C)C. The van der Waals surface area contributed by atoms with E-state index in [0.717, 1.165) is 0 Å². The number of guanidine groups is 1. The second kappa shape index (κ2) is 7.44. The molecule has 2 unspecified atom stereocenters. The average Bonchev–Trinajstić information content (AvgIpc) is 2.60. The summed E-state index contributed by atoms with van der Waals surface area (Å²) in [6.07, 6.45) is -0.343. The van der Waals surface area contributed by atoms with Crippen molar-refractivity contribution in [2.75, 3.05) is 20.3 Å². The number of nitrogens with zero attached hydrogens (tertiary/aromatic N) is 2. The van der Waals surface area contributed by atoms with Gasteiger partial charge in [-0.1, -0.05) is 15.9 Å². The third-order valence-corrected chi connectivity index (χ3v) is 5.20. The molecule has 1 aromatic carbocycles. The fraction of sp³-hybridized carbons (Fsp3) is 0.526. The number of aliphatic imine (C=N–C) groups is 1. The number of carbonyl (C=O) groups excluding carboxylic acids is 2. The number of nitrogens with one attached hydrogen (secondary N) is 1. The van der Waals surface area contributed by atoms with Crippen LogP contribution in [0.5, 0.6) is 0 Å². The van der Waals surface area contributed by atoms with Crippen LogP contribution in [-0.2, 0) is 19.8 Å². The van der Waals surface area contributed by atoms with Crippen LogP contribution in [-0.4, -0.2) is 48.7 Å². The van der Waals surface area contributed by atoms with Crippen LogP contribution in [0, 0.1) is 11.7 Å². The molecule has 0 aromatic heterocycles. The number of rotatable bonds is 1. The highest BCUT2D eigenvalue weighted by molar-refractivity contribution is 9.10. The summed E-state index contributed by atoms with van der Waals surface area (Å²) in [5, 5.41) is 2.52. The topological polar surface area (TPSA) is 80.2 Å².